The zero-order valence-electron chi connectivity index (χ0n) is 13.0. The first-order valence-electron chi connectivity index (χ1n) is 8.15. The summed E-state index contributed by atoms with van der Waals surface area (Å²) in [6.45, 7) is 12.5. The number of nitrogens with one attached hydrogen (secondary N) is 1. The van der Waals surface area contributed by atoms with Crippen molar-refractivity contribution in [3.05, 3.63) is 0 Å². The van der Waals surface area contributed by atoms with E-state index in [1.54, 1.807) is 0 Å². The molecule has 1 N–H and O–H groups in total. The van der Waals surface area contributed by atoms with E-state index in [0.29, 0.717) is 11.0 Å². The van der Waals surface area contributed by atoms with Gasteiger partial charge in [0.2, 0.25) is 0 Å². The molecular formula is C16H31N3. The van der Waals surface area contributed by atoms with Crippen LogP contribution in [0.25, 0.3) is 0 Å². The minimum absolute atomic E-state index is 0.403. The molecule has 19 heavy (non-hydrogen) atoms. The van der Waals surface area contributed by atoms with Crippen LogP contribution in [0.1, 0.15) is 39.5 Å². The smallest absolute Gasteiger partial charge is 0.0309 e. The van der Waals surface area contributed by atoms with Gasteiger partial charge in [-0.3, -0.25) is 4.90 Å². The van der Waals surface area contributed by atoms with E-state index in [2.05, 4.69) is 36.0 Å². The number of hydrogen-bond acceptors (Lipinski definition) is 3. The van der Waals surface area contributed by atoms with Crippen molar-refractivity contribution in [2.24, 2.45) is 11.3 Å². The molecule has 1 saturated carbocycles. The second-order valence-corrected chi connectivity index (χ2v) is 7.94. The second-order valence-electron chi connectivity index (χ2n) is 7.94. The zero-order chi connectivity index (χ0) is 13.5. The van der Waals surface area contributed by atoms with E-state index >= 15 is 0 Å². The van der Waals surface area contributed by atoms with E-state index in [-0.39, 0.29) is 0 Å². The van der Waals surface area contributed by atoms with E-state index < -0.39 is 0 Å². The van der Waals surface area contributed by atoms with Gasteiger partial charge in [-0.2, -0.15) is 0 Å². The Labute approximate surface area is 118 Å². The summed E-state index contributed by atoms with van der Waals surface area (Å²) in [5.74, 6) is 0.945. The van der Waals surface area contributed by atoms with Crippen LogP contribution < -0.4 is 5.32 Å². The Morgan fingerprint density at radius 1 is 1.11 bits per heavy atom. The van der Waals surface area contributed by atoms with Gasteiger partial charge in [-0.25, -0.2) is 0 Å². The Morgan fingerprint density at radius 3 is 2.42 bits per heavy atom. The molecule has 2 aliphatic heterocycles. The van der Waals surface area contributed by atoms with Crippen molar-refractivity contribution >= 4 is 0 Å². The van der Waals surface area contributed by atoms with Gasteiger partial charge in [-0.1, -0.05) is 6.92 Å². The molecule has 110 valence electrons. The Morgan fingerprint density at radius 2 is 1.79 bits per heavy atom. The van der Waals surface area contributed by atoms with Crippen molar-refractivity contribution in [1.82, 2.24) is 15.1 Å². The monoisotopic (exact) mass is 265 g/mol. The molecule has 0 bridgehead atoms. The molecule has 2 heterocycles. The normalized spacial score (nSPS) is 37.4. The molecule has 0 radical (unpaired) electrons. The fourth-order valence-corrected chi connectivity index (χ4v) is 4.08. The van der Waals surface area contributed by atoms with Crippen LogP contribution in [0.15, 0.2) is 0 Å². The van der Waals surface area contributed by atoms with Crippen LogP contribution >= 0.6 is 0 Å². The maximum Gasteiger partial charge on any atom is 0.0309 e. The highest BCUT2D eigenvalue weighted by Crippen LogP contribution is 2.41. The fraction of sp³-hybridized carbons (Fsp3) is 1.00. The van der Waals surface area contributed by atoms with E-state index in [4.69, 9.17) is 0 Å². The number of nitrogens with zero attached hydrogens (tertiary/aromatic N) is 2. The third-order valence-corrected chi connectivity index (χ3v) is 5.79. The topological polar surface area (TPSA) is 18.5 Å². The standard InChI is InChI=1S/C16H31N3/c1-15(6-9-18(3)10-7-15)12-19-11-8-17-16(2,13-19)14-4-5-14/h14,17H,4-13H2,1-3H3. The summed E-state index contributed by atoms with van der Waals surface area (Å²) in [7, 11) is 2.26. The average Bonchev–Trinajstić information content (AvgIpc) is 3.18. The summed E-state index contributed by atoms with van der Waals surface area (Å²) in [4.78, 5) is 5.23. The minimum atomic E-state index is 0.403. The number of rotatable bonds is 3. The lowest BCUT2D eigenvalue weighted by Gasteiger charge is -2.47. The van der Waals surface area contributed by atoms with Crippen molar-refractivity contribution in [3.8, 4) is 0 Å². The van der Waals surface area contributed by atoms with E-state index in [0.717, 1.165) is 5.92 Å². The molecule has 1 aliphatic carbocycles. The van der Waals surface area contributed by atoms with Crippen molar-refractivity contribution in [2.75, 3.05) is 46.3 Å². The summed E-state index contributed by atoms with van der Waals surface area (Å²) < 4.78 is 0. The molecular weight excluding hydrogens is 234 g/mol. The number of piperazine rings is 1. The molecule has 3 aliphatic rings. The highest BCUT2D eigenvalue weighted by atomic mass is 15.2. The summed E-state index contributed by atoms with van der Waals surface area (Å²) in [6, 6.07) is 0. The molecule has 3 fully saturated rings. The molecule has 2 saturated heterocycles. The molecule has 0 aromatic heterocycles. The van der Waals surface area contributed by atoms with Crippen LogP contribution in [0.4, 0.5) is 0 Å². The summed E-state index contributed by atoms with van der Waals surface area (Å²) in [5.41, 5.74) is 0.953. The van der Waals surface area contributed by atoms with Crippen LogP contribution in [-0.4, -0.2) is 61.7 Å². The van der Waals surface area contributed by atoms with E-state index in [1.807, 2.05) is 0 Å². The van der Waals surface area contributed by atoms with Crippen LogP contribution in [0, 0.1) is 11.3 Å². The van der Waals surface area contributed by atoms with Crippen LogP contribution in [-0.2, 0) is 0 Å². The lowest BCUT2D eigenvalue weighted by molar-refractivity contribution is 0.0500. The Kier molecular flexibility index (Phi) is 3.65. The summed E-state index contributed by atoms with van der Waals surface area (Å²) in [6.07, 6.45) is 5.62. The van der Waals surface area contributed by atoms with Crippen molar-refractivity contribution in [3.63, 3.8) is 0 Å². The molecule has 1 atom stereocenters. The van der Waals surface area contributed by atoms with Gasteiger partial charge in [0.25, 0.3) is 0 Å². The number of likely N-dealkylation sites (tertiary alicyclic amines) is 1. The predicted molar refractivity (Wildman–Crippen MR) is 80.4 cm³/mol. The molecule has 0 spiro atoms. The highest BCUT2D eigenvalue weighted by molar-refractivity contribution is 5.02. The first-order valence-corrected chi connectivity index (χ1v) is 8.15. The largest absolute Gasteiger partial charge is 0.309 e. The van der Waals surface area contributed by atoms with Crippen LogP contribution in [0.5, 0.6) is 0 Å². The first-order chi connectivity index (χ1) is 8.99. The maximum absolute atomic E-state index is 3.79. The van der Waals surface area contributed by atoms with Crippen molar-refractivity contribution < 1.29 is 0 Å². The van der Waals surface area contributed by atoms with Gasteiger partial charge < -0.3 is 10.2 Å². The van der Waals surface area contributed by atoms with Gasteiger partial charge in [0.1, 0.15) is 0 Å². The zero-order valence-corrected chi connectivity index (χ0v) is 13.0. The molecule has 0 aromatic rings. The molecule has 3 heteroatoms. The van der Waals surface area contributed by atoms with Crippen molar-refractivity contribution in [1.29, 1.82) is 0 Å². The third kappa shape index (κ3) is 3.14. The molecule has 3 nitrogen and oxygen atoms in total. The van der Waals surface area contributed by atoms with Gasteiger partial charge in [-0.05, 0) is 64.1 Å². The van der Waals surface area contributed by atoms with Crippen LogP contribution in [0.2, 0.25) is 0 Å². The summed E-state index contributed by atoms with van der Waals surface area (Å²) >= 11 is 0. The van der Waals surface area contributed by atoms with Gasteiger partial charge in [-0.15, -0.1) is 0 Å². The molecule has 3 rings (SSSR count). The average molecular weight is 265 g/mol. The lowest BCUT2D eigenvalue weighted by atomic mass is 9.79. The first kappa shape index (κ1) is 13.8. The Balaban J connectivity index is 1.57. The van der Waals surface area contributed by atoms with Gasteiger partial charge in [0.05, 0.1) is 0 Å². The molecule has 0 amide bonds. The molecule has 1 unspecified atom stereocenters. The fourth-order valence-electron chi connectivity index (χ4n) is 4.08. The molecule has 0 aromatic carbocycles. The van der Waals surface area contributed by atoms with Gasteiger partial charge in [0.15, 0.2) is 0 Å². The Bertz CT molecular complexity index is 318. The predicted octanol–water partition coefficient (Wildman–Crippen LogP) is 1.79. The SMILES string of the molecule is CN1CCC(C)(CN2CCNC(C)(C3CC3)C2)CC1. The Hall–Kier alpha value is -0.120. The lowest BCUT2D eigenvalue weighted by Crippen LogP contribution is -2.61. The quantitative estimate of drug-likeness (QED) is 0.839. The minimum Gasteiger partial charge on any atom is -0.309 e. The number of hydrogen-bond donors (Lipinski definition) is 1. The third-order valence-electron chi connectivity index (χ3n) is 5.79. The van der Waals surface area contributed by atoms with Crippen molar-refractivity contribution in [2.45, 2.75) is 45.1 Å². The summed E-state index contributed by atoms with van der Waals surface area (Å²) in [5, 5.41) is 3.79. The second kappa shape index (κ2) is 5.01. The highest BCUT2D eigenvalue weighted by Gasteiger charge is 2.44. The van der Waals surface area contributed by atoms with Crippen LogP contribution in [0.3, 0.4) is 0 Å². The maximum atomic E-state index is 3.79. The van der Waals surface area contributed by atoms with Gasteiger partial charge in [0, 0.05) is 31.7 Å². The van der Waals surface area contributed by atoms with Gasteiger partial charge >= 0.3 is 0 Å². The van der Waals surface area contributed by atoms with E-state index in [9.17, 15) is 0 Å². The number of piperidine rings is 1. The van der Waals surface area contributed by atoms with E-state index in [1.165, 1.54) is 65.0 Å².